The minimum absolute atomic E-state index is 0.120. The summed E-state index contributed by atoms with van der Waals surface area (Å²) < 4.78 is 5.72. The van der Waals surface area contributed by atoms with Crippen LogP contribution >= 0.6 is 11.8 Å². The van der Waals surface area contributed by atoms with Gasteiger partial charge in [-0.3, -0.25) is 4.90 Å². The van der Waals surface area contributed by atoms with Crippen molar-refractivity contribution in [3.05, 3.63) is 0 Å². The maximum Gasteiger partial charge on any atom is 0.0743 e. The van der Waals surface area contributed by atoms with E-state index >= 15 is 0 Å². The largest absolute Gasteiger partial charge is 0.376 e. The Bertz CT molecular complexity index is 227. The molecular weight excluding hydrogens is 208 g/mol. The molecule has 0 saturated carbocycles. The fraction of sp³-hybridized carbons (Fsp3) is 1.00. The second kappa shape index (κ2) is 4.62. The standard InChI is InChI=1S/C11H22N2OS/c1-9-7-13(4-6-15-9)11(8-12)3-5-14-10(11)2/h9-10H,3-8,12H2,1-2H3. The molecule has 88 valence electrons. The number of rotatable bonds is 2. The van der Waals surface area contributed by atoms with Crippen LogP contribution in [0.2, 0.25) is 0 Å². The highest BCUT2D eigenvalue weighted by molar-refractivity contribution is 7.99. The van der Waals surface area contributed by atoms with Crippen LogP contribution < -0.4 is 5.73 Å². The van der Waals surface area contributed by atoms with Crippen LogP contribution in [0.15, 0.2) is 0 Å². The zero-order chi connectivity index (χ0) is 10.9. The summed E-state index contributed by atoms with van der Waals surface area (Å²) in [6.45, 7) is 8.41. The van der Waals surface area contributed by atoms with E-state index in [4.69, 9.17) is 10.5 Å². The van der Waals surface area contributed by atoms with E-state index in [1.165, 1.54) is 12.3 Å². The van der Waals surface area contributed by atoms with Crippen molar-refractivity contribution in [3.63, 3.8) is 0 Å². The molecule has 2 rings (SSSR count). The van der Waals surface area contributed by atoms with E-state index < -0.39 is 0 Å². The maximum atomic E-state index is 6.01. The lowest BCUT2D eigenvalue weighted by Gasteiger charge is -2.45. The molecule has 0 radical (unpaired) electrons. The van der Waals surface area contributed by atoms with Gasteiger partial charge in [-0.15, -0.1) is 0 Å². The molecule has 3 nitrogen and oxygen atoms in total. The summed E-state index contributed by atoms with van der Waals surface area (Å²) in [5, 5.41) is 0.731. The first-order chi connectivity index (χ1) is 7.19. The van der Waals surface area contributed by atoms with Gasteiger partial charge in [-0.25, -0.2) is 0 Å². The van der Waals surface area contributed by atoms with Gasteiger partial charge in [0.15, 0.2) is 0 Å². The van der Waals surface area contributed by atoms with Gasteiger partial charge in [0.2, 0.25) is 0 Å². The lowest BCUT2D eigenvalue weighted by molar-refractivity contribution is 0.0167. The molecule has 3 atom stereocenters. The maximum absolute atomic E-state index is 6.01. The molecule has 2 heterocycles. The lowest BCUT2D eigenvalue weighted by Crippen LogP contribution is -2.61. The van der Waals surface area contributed by atoms with Gasteiger partial charge in [0.25, 0.3) is 0 Å². The van der Waals surface area contributed by atoms with Gasteiger partial charge in [-0.2, -0.15) is 11.8 Å². The van der Waals surface area contributed by atoms with Gasteiger partial charge in [-0.1, -0.05) is 6.92 Å². The Hall–Kier alpha value is 0.230. The SMILES string of the molecule is CC1CN(C2(CN)CCOC2C)CCS1. The highest BCUT2D eigenvalue weighted by atomic mass is 32.2. The summed E-state index contributed by atoms with van der Waals surface area (Å²) in [4.78, 5) is 2.58. The number of nitrogens with zero attached hydrogens (tertiary/aromatic N) is 1. The third-order valence-corrected chi connectivity index (χ3v) is 5.02. The monoisotopic (exact) mass is 230 g/mol. The molecule has 2 saturated heterocycles. The van der Waals surface area contributed by atoms with E-state index in [-0.39, 0.29) is 11.6 Å². The first-order valence-corrected chi connectivity index (χ1v) is 6.92. The molecule has 15 heavy (non-hydrogen) atoms. The molecule has 4 heteroatoms. The number of hydrogen-bond donors (Lipinski definition) is 1. The summed E-state index contributed by atoms with van der Waals surface area (Å²) in [7, 11) is 0. The van der Waals surface area contributed by atoms with Gasteiger partial charge < -0.3 is 10.5 Å². The predicted molar refractivity (Wildman–Crippen MR) is 65.3 cm³/mol. The zero-order valence-corrected chi connectivity index (χ0v) is 10.6. The molecule has 0 aromatic carbocycles. The third kappa shape index (κ3) is 2.05. The first kappa shape index (κ1) is 11.7. The third-order valence-electron chi connectivity index (χ3n) is 3.88. The Labute approximate surface area is 96.7 Å². The van der Waals surface area contributed by atoms with Gasteiger partial charge in [0, 0.05) is 37.2 Å². The van der Waals surface area contributed by atoms with Crippen LogP contribution in [0.4, 0.5) is 0 Å². The normalized spacial score (nSPS) is 43.4. The molecular formula is C11H22N2OS. The van der Waals surface area contributed by atoms with Gasteiger partial charge in [0.05, 0.1) is 11.6 Å². The van der Waals surface area contributed by atoms with Crippen LogP contribution in [-0.4, -0.2) is 53.8 Å². The number of thioether (sulfide) groups is 1. The average Bonchev–Trinajstić information content (AvgIpc) is 2.61. The Morgan fingerprint density at radius 2 is 2.33 bits per heavy atom. The Morgan fingerprint density at radius 1 is 1.53 bits per heavy atom. The highest BCUT2D eigenvalue weighted by Crippen LogP contribution is 2.34. The van der Waals surface area contributed by atoms with E-state index in [0.29, 0.717) is 0 Å². The zero-order valence-electron chi connectivity index (χ0n) is 9.74. The van der Waals surface area contributed by atoms with Crippen molar-refractivity contribution in [2.75, 3.05) is 32.0 Å². The number of hydrogen-bond acceptors (Lipinski definition) is 4. The van der Waals surface area contributed by atoms with Crippen LogP contribution in [0, 0.1) is 0 Å². The fourth-order valence-corrected chi connectivity index (χ4v) is 3.82. The minimum atomic E-state index is 0.120. The van der Waals surface area contributed by atoms with E-state index in [1.54, 1.807) is 0 Å². The van der Waals surface area contributed by atoms with Gasteiger partial charge in [0.1, 0.15) is 0 Å². The number of ether oxygens (including phenoxy) is 1. The molecule has 3 unspecified atom stereocenters. The van der Waals surface area contributed by atoms with E-state index in [0.717, 1.165) is 31.4 Å². The second-order valence-electron chi connectivity index (χ2n) is 4.70. The van der Waals surface area contributed by atoms with Crippen LogP contribution in [0.5, 0.6) is 0 Å². The second-order valence-corrected chi connectivity index (χ2v) is 6.24. The lowest BCUT2D eigenvalue weighted by atomic mass is 9.89. The molecule has 0 aromatic rings. The van der Waals surface area contributed by atoms with E-state index in [1.807, 2.05) is 0 Å². The number of nitrogens with two attached hydrogens (primary N) is 1. The van der Waals surface area contributed by atoms with Crippen molar-refractivity contribution >= 4 is 11.8 Å². The van der Waals surface area contributed by atoms with Crippen molar-refractivity contribution in [1.82, 2.24) is 4.90 Å². The van der Waals surface area contributed by atoms with Gasteiger partial charge >= 0.3 is 0 Å². The highest BCUT2D eigenvalue weighted by Gasteiger charge is 2.46. The van der Waals surface area contributed by atoms with Crippen LogP contribution in [-0.2, 0) is 4.74 Å². The van der Waals surface area contributed by atoms with Crippen molar-refractivity contribution in [3.8, 4) is 0 Å². The fourth-order valence-electron chi connectivity index (χ4n) is 2.81. The smallest absolute Gasteiger partial charge is 0.0743 e. The van der Waals surface area contributed by atoms with Crippen LogP contribution in [0.3, 0.4) is 0 Å². The van der Waals surface area contributed by atoms with Crippen LogP contribution in [0.25, 0.3) is 0 Å². The summed E-state index contributed by atoms with van der Waals surface area (Å²) in [5.41, 5.74) is 6.13. The average molecular weight is 230 g/mol. The molecule has 2 aliphatic heterocycles. The Balaban J connectivity index is 2.11. The molecule has 0 bridgehead atoms. The topological polar surface area (TPSA) is 38.5 Å². The van der Waals surface area contributed by atoms with Crippen molar-refractivity contribution < 1.29 is 4.74 Å². The summed E-state index contributed by atoms with van der Waals surface area (Å²) in [6.07, 6.45) is 1.39. The Morgan fingerprint density at radius 3 is 2.87 bits per heavy atom. The Kier molecular flexibility index (Phi) is 3.60. The van der Waals surface area contributed by atoms with Crippen molar-refractivity contribution in [2.45, 2.75) is 37.2 Å². The van der Waals surface area contributed by atoms with E-state index in [2.05, 4.69) is 30.5 Å². The molecule has 2 N–H and O–H groups in total. The summed E-state index contributed by atoms with van der Waals surface area (Å²) in [6, 6.07) is 0. The molecule has 0 aromatic heterocycles. The van der Waals surface area contributed by atoms with Crippen molar-refractivity contribution in [2.24, 2.45) is 5.73 Å². The first-order valence-electron chi connectivity index (χ1n) is 5.87. The molecule has 0 spiro atoms. The van der Waals surface area contributed by atoms with Crippen LogP contribution in [0.1, 0.15) is 20.3 Å². The quantitative estimate of drug-likeness (QED) is 0.766. The molecule has 2 fully saturated rings. The summed E-state index contributed by atoms with van der Waals surface area (Å²) >= 11 is 2.07. The molecule has 0 aliphatic carbocycles. The van der Waals surface area contributed by atoms with Gasteiger partial charge in [-0.05, 0) is 13.3 Å². The molecule has 0 amide bonds. The predicted octanol–water partition coefficient (Wildman–Crippen LogP) is 0.930. The van der Waals surface area contributed by atoms with Crippen molar-refractivity contribution in [1.29, 1.82) is 0 Å². The molecule has 2 aliphatic rings. The summed E-state index contributed by atoms with van der Waals surface area (Å²) in [5.74, 6) is 1.23. The minimum Gasteiger partial charge on any atom is -0.376 e. The van der Waals surface area contributed by atoms with E-state index in [9.17, 15) is 0 Å².